The molecule has 0 unspecified atom stereocenters. The number of rotatable bonds is 6. The van der Waals surface area contributed by atoms with E-state index in [4.69, 9.17) is 0 Å². The molecule has 0 aliphatic heterocycles. The second-order valence-corrected chi connectivity index (χ2v) is 8.53. The van der Waals surface area contributed by atoms with Crippen LogP contribution in [0, 0.1) is 27.7 Å². The molecular formula is C20H21N3OS2. The third kappa shape index (κ3) is 4.51. The van der Waals surface area contributed by atoms with Crippen LogP contribution in [0.5, 0.6) is 0 Å². The number of carbonyl (C=O) groups is 1. The van der Waals surface area contributed by atoms with E-state index in [-0.39, 0.29) is 5.78 Å². The van der Waals surface area contributed by atoms with Gasteiger partial charge in [0.2, 0.25) is 5.13 Å². The topological polar surface area (TPSA) is 54.9 Å². The molecule has 3 rings (SSSR count). The molecule has 2 aromatic carbocycles. The van der Waals surface area contributed by atoms with Crippen LogP contribution in [-0.2, 0) is 0 Å². The smallest absolute Gasteiger partial charge is 0.210 e. The third-order valence-corrected chi connectivity index (χ3v) is 6.15. The fourth-order valence-electron chi connectivity index (χ4n) is 2.54. The SMILES string of the molecule is Cc1ccc(Nc2nnc(SCC(=O)c3cc(C)c(C)cc3C)s2)cc1. The van der Waals surface area contributed by atoms with Gasteiger partial charge < -0.3 is 5.32 Å². The molecule has 1 N–H and O–H groups in total. The van der Waals surface area contributed by atoms with E-state index in [0.717, 1.165) is 31.8 Å². The molecule has 0 saturated heterocycles. The summed E-state index contributed by atoms with van der Waals surface area (Å²) in [5, 5.41) is 12.3. The lowest BCUT2D eigenvalue weighted by atomic mass is 9.99. The second-order valence-electron chi connectivity index (χ2n) is 6.33. The molecule has 1 aromatic heterocycles. The number of anilines is 2. The summed E-state index contributed by atoms with van der Waals surface area (Å²) in [5.41, 5.74) is 6.36. The van der Waals surface area contributed by atoms with E-state index in [1.54, 1.807) is 0 Å². The number of carbonyl (C=O) groups excluding carboxylic acids is 1. The lowest BCUT2D eigenvalue weighted by molar-refractivity contribution is 0.102. The minimum atomic E-state index is 0.124. The first kappa shape index (κ1) is 18.6. The van der Waals surface area contributed by atoms with Gasteiger partial charge >= 0.3 is 0 Å². The van der Waals surface area contributed by atoms with Crippen LogP contribution in [0.2, 0.25) is 0 Å². The van der Waals surface area contributed by atoms with Crippen molar-refractivity contribution in [3.05, 3.63) is 64.2 Å². The van der Waals surface area contributed by atoms with Crippen molar-refractivity contribution >= 4 is 39.7 Å². The van der Waals surface area contributed by atoms with Crippen molar-refractivity contribution in [1.82, 2.24) is 10.2 Å². The Morgan fingerprint density at radius 2 is 1.69 bits per heavy atom. The molecule has 0 aliphatic rings. The minimum Gasteiger partial charge on any atom is -0.330 e. The van der Waals surface area contributed by atoms with Gasteiger partial charge in [0.05, 0.1) is 5.75 Å². The summed E-state index contributed by atoms with van der Waals surface area (Å²) in [6, 6.07) is 12.2. The van der Waals surface area contributed by atoms with E-state index in [1.165, 1.54) is 34.2 Å². The zero-order valence-corrected chi connectivity index (χ0v) is 16.9. The van der Waals surface area contributed by atoms with Crippen LogP contribution in [0.15, 0.2) is 40.7 Å². The number of nitrogens with one attached hydrogen (secondary N) is 1. The fourth-order valence-corrected chi connectivity index (χ4v) is 4.20. The van der Waals surface area contributed by atoms with Crippen LogP contribution >= 0.6 is 23.1 Å². The maximum Gasteiger partial charge on any atom is 0.210 e. The van der Waals surface area contributed by atoms with Crippen LogP contribution in [0.3, 0.4) is 0 Å². The van der Waals surface area contributed by atoms with Crippen LogP contribution in [0.1, 0.15) is 32.6 Å². The van der Waals surface area contributed by atoms with Crippen molar-refractivity contribution in [2.75, 3.05) is 11.1 Å². The number of thioether (sulfide) groups is 1. The number of aryl methyl sites for hydroxylation is 4. The summed E-state index contributed by atoms with van der Waals surface area (Å²) in [6.07, 6.45) is 0. The standard InChI is InChI=1S/C20H21N3OS2/c1-12-5-7-16(8-6-12)21-19-22-23-20(26-19)25-11-18(24)17-10-14(3)13(2)9-15(17)4/h5-10H,11H2,1-4H3,(H,21,22). The molecule has 0 atom stereocenters. The molecule has 1 heterocycles. The molecule has 0 saturated carbocycles. The molecular weight excluding hydrogens is 362 g/mol. The van der Waals surface area contributed by atoms with Crippen molar-refractivity contribution in [2.45, 2.75) is 32.0 Å². The molecule has 4 nitrogen and oxygen atoms in total. The van der Waals surface area contributed by atoms with Gasteiger partial charge in [0, 0.05) is 11.3 Å². The number of ketones is 1. The summed E-state index contributed by atoms with van der Waals surface area (Å²) >= 11 is 2.89. The molecule has 0 spiro atoms. The first-order valence-electron chi connectivity index (χ1n) is 8.33. The lowest BCUT2D eigenvalue weighted by Crippen LogP contribution is -2.06. The van der Waals surface area contributed by atoms with Gasteiger partial charge in [-0.2, -0.15) is 0 Å². The molecule has 134 valence electrons. The van der Waals surface area contributed by atoms with E-state index in [2.05, 4.69) is 35.4 Å². The predicted octanol–water partition coefficient (Wildman–Crippen LogP) is 5.49. The van der Waals surface area contributed by atoms with Crippen molar-refractivity contribution in [3.8, 4) is 0 Å². The Morgan fingerprint density at radius 1 is 1.00 bits per heavy atom. The van der Waals surface area contributed by atoms with Crippen LogP contribution in [-0.4, -0.2) is 21.7 Å². The second kappa shape index (κ2) is 8.01. The summed E-state index contributed by atoms with van der Waals surface area (Å²) in [6.45, 7) is 8.14. The van der Waals surface area contributed by atoms with Crippen LogP contribution in [0.25, 0.3) is 0 Å². The molecule has 0 aliphatic carbocycles. The van der Waals surface area contributed by atoms with Gasteiger partial charge in [-0.25, -0.2) is 0 Å². The Labute approximate surface area is 162 Å². The summed E-state index contributed by atoms with van der Waals surface area (Å²) in [5.74, 6) is 0.488. The van der Waals surface area contributed by atoms with Crippen molar-refractivity contribution in [3.63, 3.8) is 0 Å². The minimum absolute atomic E-state index is 0.124. The normalized spacial score (nSPS) is 10.8. The summed E-state index contributed by atoms with van der Waals surface area (Å²) in [4.78, 5) is 12.6. The molecule has 3 aromatic rings. The van der Waals surface area contributed by atoms with Gasteiger partial charge in [-0.1, -0.05) is 46.9 Å². The van der Waals surface area contributed by atoms with Crippen molar-refractivity contribution in [2.24, 2.45) is 0 Å². The van der Waals surface area contributed by atoms with E-state index in [0.29, 0.717) is 5.75 Å². The van der Waals surface area contributed by atoms with Gasteiger partial charge in [-0.15, -0.1) is 10.2 Å². The first-order valence-corrected chi connectivity index (χ1v) is 10.1. The average Bonchev–Trinajstić information content (AvgIpc) is 3.05. The molecule has 0 radical (unpaired) electrons. The van der Waals surface area contributed by atoms with E-state index >= 15 is 0 Å². The van der Waals surface area contributed by atoms with Gasteiger partial charge in [0.25, 0.3) is 0 Å². The Morgan fingerprint density at radius 3 is 2.42 bits per heavy atom. The van der Waals surface area contributed by atoms with E-state index < -0.39 is 0 Å². The number of benzene rings is 2. The van der Waals surface area contributed by atoms with E-state index in [1.807, 2.05) is 44.2 Å². The number of hydrogen-bond donors (Lipinski definition) is 1. The maximum absolute atomic E-state index is 12.6. The van der Waals surface area contributed by atoms with Gasteiger partial charge in [0.15, 0.2) is 10.1 Å². The largest absolute Gasteiger partial charge is 0.330 e. The summed E-state index contributed by atoms with van der Waals surface area (Å²) < 4.78 is 0.787. The molecule has 6 heteroatoms. The van der Waals surface area contributed by atoms with Crippen LogP contribution in [0.4, 0.5) is 10.8 Å². The molecule has 0 fully saturated rings. The van der Waals surface area contributed by atoms with Crippen molar-refractivity contribution in [1.29, 1.82) is 0 Å². The molecule has 26 heavy (non-hydrogen) atoms. The van der Waals surface area contributed by atoms with Crippen molar-refractivity contribution < 1.29 is 4.79 Å². The van der Waals surface area contributed by atoms with Gasteiger partial charge in [-0.3, -0.25) is 4.79 Å². The maximum atomic E-state index is 12.6. The van der Waals surface area contributed by atoms with Gasteiger partial charge in [-0.05, 0) is 62.6 Å². The Kier molecular flexibility index (Phi) is 5.74. The highest BCUT2D eigenvalue weighted by atomic mass is 32.2. The number of hydrogen-bond acceptors (Lipinski definition) is 6. The fraction of sp³-hybridized carbons (Fsp3) is 0.250. The van der Waals surface area contributed by atoms with Gasteiger partial charge in [0.1, 0.15) is 0 Å². The quantitative estimate of drug-likeness (QED) is 0.450. The zero-order chi connectivity index (χ0) is 18.7. The number of aromatic nitrogens is 2. The third-order valence-electron chi connectivity index (χ3n) is 4.18. The zero-order valence-electron chi connectivity index (χ0n) is 15.3. The monoisotopic (exact) mass is 383 g/mol. The Bertz CT molecular complexity index is 933. The molecule has 0 amide bonds. The van der Waals surface area contributed by atoms with E-state index in [9.17, 15) is 4.79 Å². The van der Waals surface area contributed by atoms with Crippen LogP contribution < -0.4 is 5.32 Å². The number of nitrogens with zero attached hydrogens (tertiary/aromatic N) is 2. The number of Topliss-reactive ketones (excluding diaryl/α,β-unsaturated/α-hetero) is 1. The summed E-state index contributed by atoms with van der Waals surface area (Å²) in [7, 11) is 0. The highest BCUT2D eigenvalue weighted by Crippen LogP contribution is 2.28. The highest BCUT2D eigenvalue weighted by molar-refractivity contribution is 8.01. The first-order chi connectivity index (χ1) is 12.4. The lowest BCUT2D eigenvalue weighted by Gasteiger charge is -2.08. The molecule has 0 bridgehead atoms. The predicted molar refractivity (Wildman–Crippen MR) is 110 cm³/mol. The Hall–Kier alpha value is -2.18. The Balaban J connectivity index is 1.62. The average molecular weight is 384 g/mol. The highest BCUT2D eigenvalue weighted by Gasteiger charge is 2.13.